The van der Waals surface area contributed by atoms with Crippen LogP contribution >= 0.6 is 0 Å². The third-order valence-electron chi connectivity index (χ3n) is 7.02. The van der Waals surface area contributed by atoms with Gasteiger partial charge in [-0.1, -0.05) is 24.3 Å². The monoisotopic (exact) mass is 492 g/mol. The average Bonchev–Trinajstić information content (AvgIpc) is 3.62. The summed E-state index contributed by atoms with van der Waals surface area (Å²) in [6.45, 7) is 3.58. The van der Waals surface area contributed by atoms with Crippen molar-refractivity contribution in [1.82, 2.24) is 40.2 Å². The van der Waals surface area contributed by atoms with Crippen molar-refractivity contribution in [2.45, 2.75) is 18.9 Å². The number of rotatable bonds is 5. The number of likely N-dealkylation sites (N-methyl/N-ethyl adjacent to an activating group) is 1. The predicted molar refractivity (Wildman–Crippen MR) is 142 cm³/mol. The second-order valence-electron chi connectivity index (χ2n) is 9.81. The van der Waals surface area contributed by atoms with Crippen molar-refractivity contribution in [1.29, 1.82) is 0 Å². The number of amides is 1. The molecule has 0 radical (unpaired) electrons. The molecule has 1 saturated heterocycles. The minimum atomic E-state index is -0.138. The Bertz CT molecular complexity index is 1600. The van der Waals surface area contributed by atoms with Crippen LogP contribution in [-0.4, -0.2) is 66.9 Å². The Hall–Kier alpha value is -4.37. The first-order valence-electron chi connectivity index (χ1n) is 12.3. The van der Waals surface area contributed by atoms with Gasteiger partial charge in [-0.05, 0) is 43.3 Å². The van der Waals surface area contributed by atoms with Gasteiger partial charge in [-0.15, -0.1) is 0 Å². The maximum atomic E-state index is 13.4. The van der Waals surface area contributed by atoms with Crippen molar-refractivity contribution >= 4 is 16.9 Å². The molecule has 2 N–H and O–H groups in total. The number of hydrogen-bond donors (Lipinski definition) is 2. The fraction of sp³-hybridized carbons (Fsp3) is 0.250. The van der Waals surface area contributed by atoms with Gasteiger partial charge in [0, 0.05) is 72.9 Å². The van der Waals surface area contributed by atoms with Crippen LogP contribution < -0.4 is 5.32 Å². The largest absolute Gasteiger partial charge is 0.347 e. The summed E-state index contributed by atoms with van der Waals surface area (Å²) < 4.78 is 1.81. The molecule has 9 heteroatoms. The van der Waals surface area contributed by atoms with E-state index < -0.39 is 0 Å². The van der Waals surface area contributed by atoms with E-state index >= 15 is 0 Å². The van der Waals surface area contributed by atoms with Crippen LogP contribution in [0.25, 0.3) is 33.4 Å². The predicted octanol–water partition coefficient (Wildman–Crippen LogP) is 3.56. The Kier molecular flexibility index (Phi) is 5.77. The number of carbonyl (C=O) groups is 1. The molecule has 1 amide bonds. The summed E-state index contributed by atoms with van der Waals surface area (Å²) in [6.07, 6.45) is 7.25. The number of aryl methyl sites for hydroxylation is 2. The van der Waals surface area contributed by atoms with E-state index in [0.717, 1.165) is 46.6 Å². The number of pyridine rings is 2. The summed E-state index contributed by atoms with van der Waals surface area (Å²) in [5.74, 6) is 0.0349. The first-order valence-corrected chi connectivity index (χ1v) is 12.3. The van der Waals surface area contributed by atoms with E-state index in [1.807, 2.05) is 44.6 Å². The van der Waals surface area contributed by atoms with Crippen LogP contribution in [0, 0.1) is 6.92 Å². The Morgan fingerprint density at radius 1 is 1.03 bits per heavy atom. The number of benzene rings is 1. The van der Waals surface area contributed by atoms with Gasteiger partial charge < -0.3 is 10.2 Å². The van der Waals surface area contributed by atoms with Gasteiger partial charge in [0.2, 0.25) is 0 Å². The molecule has 5 aromatic rings. The highest BCUT2D eigenvalue weighted by molar-refractivity contribution is 6.00. The lowest BCUT2D eigenvalue weighted by Crippen LogP contribution is -2.39. The van der Waals surface area contributed by atoms with E-state index in [-0.39, 0.29) is 17.9 Å². The average molecular weight is 493 g/mol. The summed E-state index contributed by atoms with van der Waals surface area (Å²) in [6, 6.07) is 14.3. The third-order valence-corrected chi connectivity index (χ3v) is 7.02. The quantitative estimate of drug-likeness (QED) is 0.389. The number of fused-ring (bicyclic) bond motifs is 1. The third kappa shape index (κ3) is 4.49. The van der Waals surface area contributed by atoms with Gasteiger partial charge in [0.1, 0.15) is 5.69 Å². The van der Waals surface area contributed by atoms with Crippen molar-refractivity contribution in [3.8, 4) is 22.4 Å². The smallest absolute Gasteiger partial charge is 0.253 e. The van der Waals surface area contributed by atoms with E-state index in [9.17, 15) is 4.79 Å². The van der Waals surface area contributed by atoms with Crippen LogP contribution in [0.1, 0.15) is 27.5 Å². The van der Waals surface area contributed by atoms with Gasteiger partial charge in [-0.25, -0.2) is 4.98 Å². The summed E-state index contributed by atoms with van der Waals surface area (Å²) in [5, 5.41) is 15.8. The molecule has 1 fully saturated rings. The van der Waals surface area contributed by atoms with Gasteiger partial charge in [0.25, 0.3) is 5.91 Å². The minimum absolute atomic E-state index is 0.0241. The second-order valence-corrected chi connectivity index (χ2v) is 9.81. The Morgan fingerprint density at radius 2 is 1.92 bits per heavy atom. The minimum Gasteiger partial charge on any atom is -0.347 e. The lowest BCUT2D eigenvalue weighted by Gasteiger charge is -2.21. The fourth-order valence-corrected chi connectivity index (χ4v) is 5.20. The van der Waals surface area contributed by atoms with Crippen LogP contribution in [-0.2, 0) is 7.05 Å². The van der Waals surface area contributed by atoms with Crippen LogP contribution in [0.5, 0.6) is 0 Å². The summed E-state index contributed by atoms with van der Waals surface area (Å²) in [7, 11) is 4.01. The zero-order chi connectivity index (χ0) is 25.5. The van der Waals surface area contributed by atoms with Crippen LogP contribution in [0.2, 0.25) is 0 Å². The molecule has 37 heavy (non-hydrogen) atoms. The first-order chi connectivity index (χ1) is 17.9. The topological polar surface area (TPSA) is 105 Å². The number of aromatic nitrogens is 6. The molecule has 9 nitrogen and oxygen atoms in total. The maximum Gasteiger partial charge on any atom is 0.253 e. The van der Waals surface area contributed by atoms with E-state index in [1.165, 1.54) is 5.56 Å². The summed E-state index contributed by atoms with van der Waals surface area (Å²) in [4.78, 5) is 24.4. The molecule has 186 valence electrons. The van der Waals surface area contributed by atoms with Crippen molar-refractivity contribution in [3.05, 3.63) is 84.1 Å². The standard InChI is InChI=1S/C28H28N8O/c1-17-9-20(7-8-29-17)26-23-11-21(12-30-27(23)34-33-26)28(37)32-25-16-35(2)15-24(25)19-6-4-5-18(10-19)22-13-31-36(3)14-22/h4-14,24-25H,15-16H2,1-3H3,(H,32,37)(H,30,33,34)/t24-,25+/m0/s1. The number of likely N-dealkylation sites (tertiary alicyclic amines) is 1. The van der Waals surface area contributed by atoms with Crippen LogP contribution in [0.3, 0.4) is 0 Å². The molecule has 4 aromatic heterocycles. The molecule has 1 aliphatic heterocycles. The Labute approximate surface area is 214 Å². The zero-order valence-electron chi connectivity index (χ0n) is 21.0. The number of H-pyrrole nitrogens is 1. The Balaban J connectivity index is 1.26. The van der Waals surface area contributed by atoms with Gasteiger partial charge in [0.05, 0.1) is 11.8 Å². The molecule has 0 unspecified atom stereocenters. The van der Waals surface area contributed by atoms with Gasteiger partial charge in [-0.3, -0.25) is 19.6 Å². The van der Waals surface area contributed by atoms with E-state index in [2.05, 4.69) is 66.8 Å². The number of nitrogens with one attached hydrogen (secondary N) is 2. The van der Waals surface area contributed by atoms with Crippen molar-refractivity contribution in [3.63, 3.8) is 0 Å². The van der Waals surface area contributed by atoms with E-state index in [1.54, 1.807) is 17.1 Å². The molecule has 1 aliphatic rings. The molecule has 5 heterocycles. The number of nitrogens with zero attached hydrogens (tertiary/aromatic N) is 6. The van der Waals surface area contributed by atoms with Crippen molar-refractivity contribution < 1.29 is 4.79 Å². The lowest BCUT2D eigenvalue weighted by atomic mass is 9.92. The number of hydrogen-bond acceptors (Lipinski definition) is 6. The summed E-state index contributed by atoms with van der Waals surface area (Å²) >= 11 is 0. The zero-order valence-corrected chi connectivity index (χ0v) is 21.0. The highest BCUT2D eigenvalue weighted by Crippen LogP contribution is 2.31. The SMILES string of the molecule is Cc1cc(-c2n[nH]c3ncc(C(=O)N[C@@H]4CN(C)C[C@H]4c4cccc(-c5cnn(C)c5)c4)cc23)ccn1. The molecule has 2 atom stereocenters. The normalized spacial score (nSPS) is 17.9. The van der Waals surface area contributed by atoms with Crippen LogP contribution in [0.4, 0.5) is 0 Å². The molecule has 0 spiro atoms. The molecular formula is C28H28N8O. The second kappa shape index (κ2) is 9.25. The van der Waals surface area contributed by atoms with Crippen molar-refractivity contribution in [2.75, 3.05) is 20.1 Å². The van der Waals surface area contributed by atoms with E-state index in [4.69, 9.17) is 0 Å². The highest BCUT2D eigenvalue weighted by atomic mass is 16.1. The maximum absolute atomic E-state index is 13.4. The number of carbonyl (C=O) groups excluding carboxylic acids is 1. The fourth-order valence-electron chi connectivity index (χ4n) is 5.20. The number of aromatic amines is 1. The molecule has 1 aromatic carbocycles. The molecule has 0 bridgehead atoms. The highest BCUT2D eigenvalue weighted by Gasteiger charge is 2.33. The molecule has 0 aliphatic carbocycles. The van der Waals surface area contributed by atoms with Gasteiger partial charge >= 0.3 is 0 Å². The van der Waals surface area contributed by atoms with Gasteiger partial charge in [-0.2, -0.15) is 10.2 Å². The first kappa shape index (κ1) is 23.1. The molecule has 0 saturated carbocycles. The van der Waals surface area contributed by atoms with E-state index in [0.29, 0.717) is 11.2 Å². The Morgan fingerprint density at radius 3 is 2.73 bits per heavy atom. The molecule has 6 rings (SSSR count). The van der Waals surface area contributed by atoms with Crippen LogP contribution in [0.15, 0.2) is 67.3 Å². The summed E-state index contributed by atoms with van der Waals surface area (Å²) in [5.41, 5.74) is 7.16. The lowest BCUT2D eigenvalue weighted by molar-refractivity contribution is 0.0935. The molecular weight excluding hydrogens is 464 g/mol. The van der Waals surface area contributed by atoms with Gasteiger partial charge in [0.15, 0.2) is 5.65 Å². The van der Waals surface area contributed by atoms with Crippen molar-refractivity contribution in [2.24, 2.45) is 7.05 Å².